The number of allylic oxidation sites excluding steroid dienone is 5. The van der Waals surface area contributed by atoms with Gasteiger partial charge in [-0.25, -0.2) is 0 Å². The van der Waals surface area contributed by atoms with Gasteiger partial charge in [-0.3, -0.25) is 9.69 Å². The smallest absolute Gasteiger partial charge is 0.323 e. The molecule has 3 nitrogen and oxygen atoms in total. The van der Waals surface area contributed by atoms with E-state index in [1.54, 1.807) is 0 Å². The maximum atomic E-state index is 12.7. The molecule has 154 valence electrons. The molecule has 1 rings (SSSR count). The Morgan fingerprint density at radius 1 is 1.26 bits per heavy atom. The lowest BCUT2D eigenvalue weighted by Crippen LogP contribution is -2.45. The van der Waals surface area contributed by atoms with Crippen LogP contribution in [0, 0.1) is 11.8 Å². The van der Waals surface area contributed by atoms with Crippen molar-refractivity contribution in [1.29, 1.82) is 0 Å². The molecule has 0 radical (unpaired) electrons. The predicted octanol–water partition coefficient (Wildman–Crippen LogP) is 6.10. The Morgan fingerprint density at radius 3 is 2.56 bits per heavy atom. The summed E-state index contributed by atoms with van der Waals surface area (Å²) in [5.74, 6) is 1.03. The molecule has 2 atom stereocenters. The molecular weight excluding hydrogens is 358 g/mol. The first-order chi connectivity index (χ1) is 12.8. The lowest BCUT2D eigenvalue weighted by atomic mass is 9.95. The van der Waals surface area contributed by atoms with Crippen LogP contribution in [0.1, 0.15) is 66.7 Å². The summed E-state index contributed by atoms with van der Waals surface area (Å²) < 4.78 is 5.19. The molecular formula is C23H38ClNO2. The van der Waals surface area contributed by atoms with Gasteiger partial charge in [-0.05, 0) is 63.1 Å². The van der Waals surface area contributed by atoms with Crippen LogP contribution < -0.4 is 0 Å². The largest absolute Gasteiger partial charge is 0.468 e. The topological polar surface area (TPSA) is 29.5 Å². The fourth-order valence-corrected chi connectivity index (χ4v) is 3.59. The molecule has 1 unspecified atom stereocenters. The molecule has 0 bridgehead atoms. The van der Waals surface area contributed by atoms with Crippen molar-refractivity contribution in [2.45, 2.75) is 72.8 Å². The number of esters is 1. The molecule has 1 aliphatic carbocycles. The zero-order valence-corrected chi connectivity index (χ0v) is 18.8. The van der Waals surface area contributed by atoms with E-state index in [0.29, 0.717) is 18.3 Å². The summed E-state index contributed by atoms with van der Waals surface area (Å²) in [5.41, 5.74) is 2.53. The van der Waals surface area contributed by atoms with Gasteiger partial charge in [0, 0.05) is 11.6 Å². The first-order valence-corrected chi connectivity index (χ1v) is 10.7. The van der Waals surface area contributed by atoms with Crippen molar-refractivity contribution in [3.63, 3.8) is 0 Å². The number of hydrogen-bond donors (Lipinski definition) is 0. The second kappa shape index (κ2) is 12.4. The van der Waals surface area contributed by atoms with E-state index in [2.05, 4.69) is 45.6 Å². The summed E-state index contributed by atoms with van der Waals surface area (Å²) >= 11 is 6.25. The van der Waals surface area contributed by atoms with Crippen LogP contribution in [0.4, 0.5) is 0 Å². The van der Waals surface area contributed by atoms with Gasteiger partial charge in [0.05, 0.1) is 7.11 Å². The molecule has 1 aliphatic rings. The highest BCUT2D eigenvalue weighted by Gasteiger charge is 2.28. The van der Waals surface area contributed by atoms with Crippen molar-refractivity contribution in [2.24, 2.45) is 11.8 Å². The summed E-state index contributed by atoms with van der Waals surface area (Å²) in [6, 6.07) is -0.233. The quantitative estimate of drug-likeness (QED) is 0.418. The van der Waals surface area contributed by atoms with Crippen LogP contribution >= 0.6 is 11.6 Å². The summed E-state index contributed by atoms with van der Waals surface area (Å²) in [7, 11) is 1.49. The van der Waals surface area contributed by atoms with Crippen molar-refractivity contribution in [3.05, 3.63) is 34.4 Å². The van der Waals surface area contributed by atoms with E-state index in [-0.39, 0.29) is 12.0 Å². The monoisotopic (exact) mass is 395 g/mol. The molecule has 4 heteroatoms. The minimum atomic E-state index is -0.233. The van der Waals surface area contributed by atoms with Crippen LogP contribution in [0.5, 0.6) is 0 Å². The molecule has 0 aliphatic heterocycles. The van der Waals surface area contributed by atoms with Gasteiger partial charge in [-0.1, -0.05) is 62.9 Å². The molecule has 0 aromatic rings. The summed E-state index contributed by atoms with van der Waals surface area (Å²) in [6.07, 6.45) is 10.9. The SMILES string of the molecule is CCC(C)CCN(CC(C)C)[C@@H](C/C1=C/C=C(Cl)\C=C(/C)CC1)C(=O)OC. The molecule has 0 N–H and O–H groups in total. The highest BCUT2D eigenvalue weighted by atomic mass is 35.5. The van der Waals surface area contributed by atoms with E-state index in [4.69, 9.17) is 16.3 Å². The minimum Gasteiger partial charge on any atom is -0.468 e. The van der Waals surface area contributed by atoms with Gasteiger partial charge in [0.25, 0.3) is 0 Å². The Balaban J connectivity index is 3.00. The first kappa shape index (κ1) is 24.0. The zero-order chi connectivity index (χ0) is 20.4. The van der Waals surface area contributed by atoms with Crippen LogP contribution in [-0.2, 0) is 9.53 Å². The molecule has 0 saturated heterocycles. The van der Waals surface area contributed by atoms with E-state index in [1.165, 1.54) is 24.7 Å². The van der Waals surface area contributed by atoms with Crippen molar-refractivity contribution >= 4 is 17.6 Å². The second-order valence-electron chi connectivity index (χ2n) is 8.30. The first-order valence-electron chi connectivity index (χ1n) is 10.3. The fraction of sp³-hybridized carbons (Fsp3) is 0.696. The Bertz CT molecular complexity index is 563. The molecule has 0 spiro atoms. The van der Waals surface area contributed by atoms with Gasteiger partial charge in [-0.15, -0.1) is 0 Å². The van der Waals surface area contributed by atoms with Gasteiger partial charge in [0.15, 0.2) is 0 Å². The molecule has 0 aromatic heterocycles. The number of nitrogens with zero attached hydrogens (tertiary/aromatic N) is 1. The lowest BCUT2D eigenvalue weighted by molar-refractivity contribution is -0.147. The summed E-state index contributed by atoms with van der Waals surface area (Å²) in [5, 5.41) is 0.745. The highest BCUT2D eigenvalue weighted by molar-refractivity contribution is 6.31. The van der Waals surface area contributed by atoms with E-state index in [0.717, 1.165) is 37.4 Å². The Labute approximate surface area is 171 Å². The van der Waals surface area contributed by atoms with Crippen molar-refractivity contribution < 1.29 is 9.53 Å². The van der Waals surface area contributed by atoms with Crippen LogP contribution in [0.25, 0.3) is 0 Å². The number of halogens is 1. The average Bonchev–Trinajstić information content (AvgIpc) is 2.62. The summed E-state index contributed by atoms with van der Waals surface area (Å²) in [6.45, 7) is 12.8. The van der Waals surface area contributed by atoms with Gasteiger partial charge in [0.1, 0.15) is 6.04 Å². The van der Waals surface area contributed by atoms with Crippen molar-refractivity contribution in [2.75, 3.05) is 20.2 Å². The molecule has 27 heavy (non-hydrogen) atoms. The van der Waals surface area contributed by atoms with E-state index >= 15 is 0 Å². The maximum absolute atomic E-state index is 12.7. The maximum Gasteiger partial charge on any atom is 0.323 e. The fourth-order valence-electron chi connectivity index (χ4n) is 3.34. The molecule has 0 saturated carbocycles. The zero-order valence-electron chi connectivity index (χ0n) is 18.1. The van der Waals surface area contributed by atoms with Crippen LogP contribution in [-0.4, -0.2) is 37.1 Å². The van der Waals surface area contributed by atoms with Gasteiger partial charge in [-0.2, -0.15) is 0 Å². The number of methoxy groups -OCH3 is 1. The third-order valence-electron chi connectivity index (χ3n) is 5.28. The standard InChI is InChI=1S/C23H38ClNO2/c1-7-18(4)12-13-25(16-17(2)3)22(23(26)27-6)15-20-9-8-19(5)14-21(24)11-10-20/h10-11,14,17-18,22H,7-9,12-13,15-16H2,1-6H3/b19-14+,20-10+,21-11+/t18?,22-/m0/s1. The van der Waals surface area contributed by atoms with E-state index in [9.17, 15) is 4.79 Å². The van der Waals surface area contributed by atoms with Gasteiger partial charge in [0.2, 0.25) is 0 Å². The van der Waals surface area contributed by atoms with Crippen molar-refractivity contribution in [3.8, 4) is 0 Å². The predicted molar refractivity (Wildman–Crippen MR) is 116 cm³/mol. The van der Waals surface area contributed by atoms with E-state index < -0.39 is 0 Å². The Hall–Kier alpha value is -1.06. The van der Waals surface area contributed by atoms with Gasteiger partial charge < -0.3 is 4.74 Å². The number of rotatable bonds is 10. The normalized spacial score (nSPS) is 23.4. The molecule has 0 fully saturated rings. The Morgan fingerprint density at radius 2 is 1.96 bits per heavy atom. The van der Waals surface area contributed by atoms with Gasteiger partial charge >= 0.3 is 5.97 Å². The number of ether oxygens (including phenoxy) is 1. The lowest BCUT2D eigenvalue weighted by Gasteiger charge is -2.32. The minimum absolute atomic E-state index is 0.134. The number of carbonyl (C=O) groups excluding carboxylic acids is 1. The number of hydrogen-bond acceptors (Lipinski definition) is 3. The van der Waals surface area contributed by atoms with Crippen molar-refractivity contribution in [1.82, 2.24) is 4.90 Å². The molecule has 0 heterocycles. The van der Waals surface area contributed by atoms with Crippen LogP contribution in [0.3, 0.4) is 0 Å². The molecule has 0 aromatic carbocycles. The highest BCUT2D eigenvalue weighted by Crippen LogP contribution is 2.25. The average molecular weight is 396 g/mol. The van der Waals surface area contributed by atoms with Crippen LogP contribution in [0.15, 0.2) is 34.4 Å². The Kier molecular flexibility index (Phi) is 11.0. The van der Waals surface area contributed by atoms with Crippen LogP contribution in [0.2, 0.25) is 0 Å². The van der Waals surface area contributed by atoms with E-state index in [1.807, 2.05) is 12.2 Å². The second-order valence-corrected chi connectivity index (χ2v) is 8.74. The summed E-state index contributed by atoms with van der Waals surface area (Å²) in [4.78, 5) is 15.0. The third-order valence-corrected chi connectivity index (χ3v) is 5.51. The third kappa shape index (κ3) is 9.12. The number of carbonyl (C=O) groups is 1. The molecule has 0 amide bonds.